The molecule has 102 valence electrons. The minimum atomic E-state index is -0.826. The van der Waals surface area contributed by atoms with Crippen LogP contribution in [0.15, 0.2) is 29.4 Å². The number of carbonyl (C=O) groups is 1. The monoisotopic (exact) mass is 281 g/mol. The smallest absolute Gasteiger partial charge is 0.303 e. The number of carboxylic acids is 1. The van der Waals surface area contributed by atoms with Gasteiger partial charge in [0.1, 0.15) is 5.75 Å². The molecule has 1 rings (SSSR count). The zero-order valence-electron chi connectivity index (χ0n) is 10.2. The van der Waals surface area contributed by atoms with E-state index < -0.39 is 5.97 Å². The molecule has 1 aromatic rings. The molecule has 0 aliphatic rings. The highest BCUT2D eigenvalue weighted by Crippen LogP contribution is 2.12. The van der Waals surface area contributed by atoms with Gasteiger partial charge in [0.15, 0.2) is 5.11 Å². The number of nitrogens with one attached hydrogen (secondary N) is 1. The average Bonchev–Trinajstić information content (AvgIpc) is 2.34. The molecule has 4 N–H and O–H groups in total. The largest absolute Gasteiger partial charge is 0.494 e. The van der Waals surface area contributed by atoms with Crippen molar-refractivity contribution >= 4 is 29.5 Å². The maximum atomic E-state index is 10.3. The fourth-order valence-electron chi connectivity index (χ4n) is 1.27. The standard InChI is InChI=1S/C12H15N3O3S/c13-12(19)15-14-8-9-3-1-4-10(7-9)18-6-2-5-11(16)17/h1,3-4,7-8H,2,5-6H2,(H,16,17)(H3,13,15,19)/b14-8+. The normalized spacial score (nSPS) is 10.3. The van der Waals surface area contributed by atoms with Crippen LogP contribution < -0.4 is 15.9 Å². The summed E-state index contributed by atoms with van der Waals surface area (Å²) in [6, 6.07) is 7.23. The lowest BCUT2D eigenvalue weighted by Crippen LogP contribution is -2.23. The molecule has 0 amide bonds. The minimum absolute atomic E-state index is 0.0947. The predicted molar refractivity (Wildman–Crippen MR) is 76.3 cm³/mol. The number of aliphatic carboxylic acids is 1. The van der Waals surface area contributed by atoms with Crippen molar-refractivity contribution in [3.05, 3.63) is 29.8 Å². The molecular formula is C12H15N3O3S. The van der Waals surface area contributed by atoms with Crippen LogP contribution in [0.3, 0.4) is 0 Å². The highest BCUT2D eigenvalue weighted by Gasteiger charge is 1.98. The van der Waals surface area contributed by atoms with E-state index in [4.69, 9.17) is 15.6 Å². The first-order chi connectivity index (χ1) is 9.08. The SMILES string of the molecule is NC(=S)N/N=C/c1cccc(OCCCC(=O)O)c1. The molecule has 0 aliphatic heterocycles. The molecule has 0 heterocycles. The number of ether oxygens (including phenoxy) is 1. The van der Waals surface area contributed by atoms with E-state index in [2.05, 4.69) is 22.7 Å². The third-order valence-electron chi connectivity index (χ3n) is 2.05. The fourth-order valence-corrected chi connectivity index (χ4v) is 1.32. The molecule has 19 heavy (non-hydrogen) atoms. The van der Waals surface area contributed by atoms with Crippen molar-refractivity contribution in [3.8, 4) is 5.75 Å². The molecule has 0 radical (unpaired) electrons. The Balaban J connectivity index is 2.45. The van der Waals surface area contributed by atoms with Crippen molar-refractivity contribution in [3.63, 3.8) is 0 Å². The van der Waals surface area contributed by atoms with Crippen molar-refractivity contribution in [2.45, 2.75) is 12.8 Å². The van der Waals surface area contributed by atoms with Crippen LogP contribution in [0.5, 0.6) is 5.75 Å². The van der Waals surface area contributed by atoms with Gasteiger partial charge in [0.2, 0.25) is 0 Å². The molecular weight excluding hydrogens is 266 g/mol. The van der Waals surface area contributed by atoms with Crippen LogP contribution in [0, 0.1) is 0 Å². The lowest BCUT2D eigenvalue weighted by molar-refractivity contribution is -0.137. The van der Waals surface area contributed by atoms with E-state index in [1.165, 1.54) is 0 Å². The maximum absolute atomic E-state index is 10.3. The Morgan fingerprint density at radius 2 is 2.37 bits per heavy atom. The Labute approximate surface area is 116 Å². The number of nitrogens with two attached hydrogens (primary N) is 1. The molecule has 0 bridgehead atoms. The van der Waals surface area contributed by atoms with Gasteiger partial charge < -0.3 is 15.6 Å². The molecule has 0 atom stereocenters. The van der Waals surface area contributed by atoms with Gasteiger partial charge in [-0.2, -0.15) is 5.10 Å². The Hall–Kier alpha value is -2.15. The van der Waals surface area contributed by atoms with Gasteiger partial charge in [-0.15, -0.1) is 0 Å². The summed E-state index contributed by atoms with van der Waals surface area (Å²) in [6.45, 7) is 0.359. The molecule has 0 unspecified atom stereocenters. The van der Waals surface area contributed by atoms with Crippen molar-refractivity contribution in [1.82, 2.24) is 5.43 Å². The Morgan fingerprint density at radius 3 is 3.05 bits per heavy atom. The highest BCUT2D eigenvalue weighted by molar-refractivity contribution is 7.80. The van der Waals surface area contributed by atoms with Crippen LogP contribution >= 0.6 is 12.2 Å². The van der Waals surface area contributed by atoms with E-state index in [9.17, 15) is 4.79 Å². The third-order valence-corrected chi connectivity index (χ3v) is 2.14. The van der Waals surface area contributed by atoms with E-state index in [1.54, 1.807) is 18.3 Å². The number of hydrogen-bond acceptors (Lipinski definition) is 4. The summed E-state index contributed by atoms with van der Waals surface area (Å²) in [4.78, 5) is 10.3. The van der Waals surface area contributed by atoms with Crippen LogP contribution in [-0.2, 0) is 4.79 Å². The second-order valence-corrected chi connectivity index (χ2v) is 4.09. The zero-order valence-corrected chi connectivity index (χ0v) is 11.0. The fraction of sp³-hybridized carbons (Fsp3) is 0.250. The van der Waals surface area contributed by atoms with Gasteiger partial charge in [-0.25, -0.2) is 0 Å². The molecule has 0 aliphatic carbocycles. The van der Waals surface area contributed by atoms with E-state index in [0.717, 1.165) is 5.56 Å². The number of hydrazone groups is 1. The molecule has 1 aromatic carbocycles. The van der Waals surface area contributed by atoms with Gasteiger partial charge in [-0.1, -0.05) is 12.1 Å². The number of hydrogen-bond donors (Lipinski definition) is 3. The van der Waals surface area contributed by atoms with Crippen molar-refractivity contribution in [2.75, 3.05) is 6.61 Å². The summed E-state index contributed by atoms with van der Waals surface area (Å²) in [6.07, 6.45) is 2.12. The van der Waals surface area contributed by atoms with Crippen LogP contribution in [0.4, 0.5) is 0 Å². The molecule has 0 saturated carbocycles. The molecule has 0 aromatic heterocycles. The number of thiocarbonyl (C=S) groups is 1. The van der Waals surface area contributed by atoms with E-state index in [0.29, 0.717) is 18.8 Å². The number of carboxylic acid groups (broad SMARTS) is 1. The topological polar surface area (TPSA) is 96.9 Å². The quantitative estimate of drug-likeness (QED) is 0.300. The maximum Gasteiger partial charge on any atom is 0.303 e. The molecule has 0 spiro atoms. The van der Waals surface area contributed by atoms with Gasteiger partial charge in [-0.05, 0) is 36.3 Å². The van der Waals surface area contributed by atoms with Gasteiger partial charge in [0.05, 0.1) is 12.8 Å². The van der Waals surface area contributed by atoms with E-state index in [1.807, 2.05) is 12.1 Å². The molecule has 6 nitrogen and oxygen atoms in total. The Morgan fingerprint density at radius 1 is 1.58 bits per heavy atom. The molecule has 0 saturated heterocycles. The second kappa shape index (κ2) is 8.04. The number of benzene rings is 1. The summed E-state index contributed by atoms with van der Waals surface area (Å²) in [5.41, 5.74) is 8.50. The van der Waals surface area contributed by atoms with Crippen molar-refractivity contribution < 1.29 is 14.6 Å². The van der Waals surface area contributed by atoms with Crippen LogP contribution in [-0.4, -0.2) is 29.0 Å². The van der Waals surface area contributed by atoms with Crippen molar-refractivity contribution in [2.24, 2.45) is 10.8 Å². The lowest BCUT2D eigenvalue weighted by Gasteiger charge is -2.05. The van der Waals surface area contributed by atoms with Gasteiger partial charge in [0.25, 0.3) is 0 Å². The summed E-state index contributed by atoms with van der Waals surface area (Å²) in [7, 11) is 0. The van der Waals surface area contributed by atoms with Crippen LogP contribution in [0.1, 0.15) is 18.4 Å². The van der Waals surface area contributed by atoms with Crippen molar-refractivity contribution in [1.29, 1.82) is 0 Å². The first kappa shape index (κ1) is 14.9. The van der Waals surface area contributed by atoms with E-state index >= 15 is 0 Å². The van der Waals surface area contributed by atoms with Crippen LogP contribution in [0.25, 0.3) is 0 Å². The van der Waals surface area contributed by atoms with Crippen LogP contribution in [0.2, 0.25) is 0 Å². The third kappa shape index (κ3) is 6.99. The second-order valence-electron chi connectivity index (χ2n) is 3.65. The molecule has 0 fully saturated rings. The van der Waals surface area contributed by atoms with Gasteiger partial charge in [0, 0.05) is 6.42 Å². The predicted octanol–water partition coefficient (Wildman–Crippen LogP) is 1.10. The van der Waals surface area contributed by atoms with Gasteiger partial charge >= 0.3 is 5.97 Å². The Kier molecular flexibility index (Phi) is 6.31. The summed E-state index contributed by atoms with van der Waals surface area (Å²) < 4.78 is 5.43. The lowest BCUT2D eigenvalue weighted by atomic mass is 10.2. The summed E-state index contributed by atoms with van der Waals surface area (Å²) in [5.74, 6) is -0.169. The summed E-state index contributed by atoms with van der Waals surface area (Å²) in [5, 5.41) is 12.4. The Bertz CT molecular complexity index is 477. The highest BCUT2D eigenvalue weighted by atomic mass is 32.1. The minimum Gasteiger partial charge on any atom is -0.494 e. The van der Waals surface area contributed by atoms with Gasteiger partial charge in [-0.3, -0.25) is 10.2 Å². The number of rotatable bonds is 7. The molecule has 7 heteroatoms. The first-order valence-electron chi connectivity index (χ1n) is 5.61. The average molecular weight is 281 g/mol. The van der Waals surface area contributed by atoms with E-state index in [-0.39, 0.29) is 11.5 Å². The number of nitrogens with zero attached hydrogens (tertiary/aromatic N) is 1. The zero-order chi connectivity index (χ0) is 14.1. The first-order valence-corrected chi connectivity index (χ1v) is 6.02. The summed E-state index contributed by atoms with van der Waals surface area (Å²) >= 11 is 4.61.